The summed E-state index contributed by atoms with van der Waals surface area (Å²) in [4.78, 5) is 12.2. The van der Waals surface area contributed by atoms with Gasteiger partial charge in [-0.3, -0.25) is 4.79 Å². The van der Waals surface area contributed by atoms with E-state index < -0.39 is 0 Å². The number of hydrogen-bond donors (Lipinski definition) is 2. The number of phenols is 1. The van der Waals surface area contributed by atoms with Crippen LogP contribution in [0.2, 0.25) is 5.02 Å². The van der Waals surface area contributed by atoms with Crippen molar-refractivity contribution in [2.45, 2.75) is 6.54 Å². The number of nitrogens with one attached hydrogen (secondary N) is 1. The highest BCUT2D eigenvalue weighted by Crippen LogP contribution is 2.30. The number of aromatic hydroxyl groups is 1. The summed E-state index contributed by atoms with van der Waals surface area (Å²) in [5.41, 5.74) is 3.46. The van der Waals surface area contributed by atoms with Crippen molar-refractivity contribution in [2.75, 3.05) is 0 Å². The zero-order chi connectivity index (χ0) is 14.1. The maximum Gasteiger partial charge on any atom is 0.252 e. The molecule has 20 heavy (non-hydrogen) atoms. The SMILES string of the molecule is O=C(NCc1ccc(O)cc1Cl)C1=C2C=CC=C2C=C1. The van der Waals surface area contributed by atoms with Gasteiger partial charge >= 0.3 is 0 Å². The summed E-state index contributed by atoms with van der Waals surface area (Å²) < 4.78 is 0. The lowest BCUT2D eigenvalue weighted by Crippen LogP contribution is -2.24. The van der Waals surface area contributed by atoms with Crippen LogP contribution in [0.3, 0.4) is 0 Å². The second-order valence-corrected chi connectivity index (χ2v) is 5.01. The quantitative estimate of drug-likeness (QED) is 0.897. The monoisotopic (exact) mass is 285 g/mol. The van der Waals surface area contributed by atoms with E-state index in [0.717, 1.165) is 16.7 Å². The van der Waals surface area contributed by atoms with Gasteiger partial charge in [0.05, 0.1) is 0 Å². The van der Waals surface area contributed by atoms with Gasteiger partial charge in [-0.1, -0.05) is 42.0 Å². The molecule has 0 radical (unpaired) electrons. The molecule has 4 heteroatoms. The summed E-state index contributed by atoms with van der Waals surface area (Å²) in [5.74, 6) is -0.0186. The fourth-order valence-electron chi connectivity index (χ4n) is 2.24. The molecule has 0 saturated carbocycles. The molecule has 1 aromatic rings. The first kappa shape index (κ1) is 12.8. The minimum Gasteiger partial charge on any atom is -0.508 e. The van der Waals surface area contributed by atoms with E-state index in [9.17, 15) is 9.90 Å². The lowest BCUT2D eigenvalue weighted by atomic mass is 10.1. The van der Waals surface area contributed by atoms with E-state index in [1.165, 1.54) is 6.07 Å². The van der Waals surface area contributed by atoms with E-state index in [-0.39, 0.29) is 11.7 Å². The number of hydrogen-bond acceptors (Lipinski definition) is 2. The molecule has 0 saturated heterocycles. The summed E-state index contributed by atoms with van der Waals surface area (Å²) in [6, 6.07) is 4.70. The van der Waals surface area contributed by atoms with Crippen LogP contribution in [-0.4, -0.2) is 11.0 Å². The fourth-order valence-corrected chi connectivity index (χ4v) is 2.48. The van der Waals surface area contributed by atoms with Crippen molar-refractivity contribution in [3.63, 3.8) is 0 Å². The van der Waals surface area contributed by atoms with Crippen molar-refractivity contribution in [3.05, 3.63) is 75.9 Å². The molecule has 0 aliphatic heterocycles. The van der Waals surface area contributed by atoms with Crippen LogP contribution in [0.4, 0.5) is 0 Å². The first-order valence-electron chi connectivity index (χ1n) is 6.22. The molecule has 0 fully saturated rings. The van der Waals surface area contributed by atoms with Gasteiger partial charge in [0.25, 0.3) is 5.91 Å². The van der Waals surface area contributed by atoms with Crippen LogP contribution in [-0.2, 0) is 11.3 Å². The molecule has 3 nitrogen and oxygen atoms in total. The van der Waals surface area contributed by atoms with Crippen molar-refractivity contribution in [1.82, 2.24) is 5.32 Å². The van der Waals surface area contributed by atoms with Crippen LogP contribution < -0.4 is 5.32 Å². The number of fused-ring (bicyclic) bond motifs is 1. The van der Waals surface area contributed by atoms with Crippen molar-refractivity contribution in [2.24, 2.45) is 0 Å². The topological polar surface area (TPSA) is 49.3 Å². The Morgan fingerprint density at radius 3 is 2.90 bits per heavy atom. The number of halogens is 1. The molecule has 1 amide bonds. The average Bonchev–Trinajstić information content (AvgIpc) is 2.99. The van der Waals surface area contributed by atoms with Gasteiger partial charge in [0.1, 0.15) is 5.75 Å². The van der Waals surface area contributed by atoms with Crippen LogP contribution in [0.25, 0.3) is 0 Å². The molecule has 0 heterocycles. The minimum atomic E-state index is -0.129. The third-order valence-corrected chi connectivity index (χ3v) is 3.64. The van der Waals surface area contributed by atoms with E-state index in [2.05, 4.69) is 5.32 Å². The van der Waals surface area contributed by atoms with E-state index in [4.69, 9.17) is 11.6 Å². The maximum absolute atomic E-state index is 12.2. The van der Waals surface area contributed by atoms with Gasteiger partial charge in [-0.15, -0.1) is 0 Å². The first-order valence-corrected chi connectivity index (χ1v) is 6.59. The molecular weight excluding hydrogens is 274 g/mol. The van der Waals surface area contributed by atoms with Crippen LogP contribution in [0.15, 0.2) is 65.3 Å². The summed E-state index contributed by atoms with van der Waals surface area (Å²) in [6.07, 6.45) is 9.58. The fraction of sp³-hybridized carbons (Fsp3) is 0.0625. The van der Waals surface area contributed by atoms with Gasteiger partial charge in [0, 0.05) is 17.1 Å². The number of benzene rings is 1. The third-order valence-electron chi connectivity index (χ3n) is 3.29. The van der Waals surface area contributed by atoms with Gasteiger partial charge in [-0.2, -0.15) is 0 Å². The largest absolute Gasteiger partial charge is 0.508 e. The van der Waals surface area contributed by atoms with Gasteiger partial charge < -0.3 is 10.4 Å². The van der Waals surface area contributed by atoms with E-state index in [1.807, 2.05) is 30.4 Å². The smallest absolute Gasteiger partial charge is 0.252 e. The molecule has 2 aliphatic rings. The second kappa shape index (κ2) is 5.02. The van der Waals surface area contributed by atoms with E-state index in [1.54, 1.807) is 12.1 Å². The van der Waals surface area contributed by atoms with Gasteiger partial charge in [0.2, 0.25) is 0 Å². The standard InChI is InChI=1S/C16H12ClNO2/c17-15-8-12(19)6-4-11(15)9-18-16(20)14-7-5-10-2-1-3-13(10)14/h1-8,19H,9H2,(H,18,20). The van der Waals surface area contributed by atoms with E-state index in [0.29, 0.717) is 17.1 Å². The Kier molecular flexibility index (Phi) is 3.20. The Morgan fingerprint density at radius 1 is 1.25 bits per heavy atom. The summed E-state index contributed by atoms with van der Waals surface area (Å²) in [5, 5.41) is 12.6. The number of phenolic OH excluding ortho intramolecular Hbond substituents is 1. The molecule has 0 unspecified atom stereocenters. The Hall–Kier alpha value is -2.26. The summed E-state index contributed by atoms with van der Waals surface area (Å²) in [7, 11) is 0. The highest BCUT2D eigenvalue weighted by atomic mass is 35.5. The van der Waals surface area contributed by atoms with E-state index >= 15 is 0 Å². The number of carbonyl (C=O) groups is 1. The Morgan fingerprint density at radius 2 is 2.10 bits per heavy atom. The Bertz CT molecular complexity index is 711. The minimum absolute atomic E-state index is 0.111. The molecule has 2 N–H and O–H groups in total. The van der Waals surface area contributed by atoms with Gasteiger partial charge in [-0.05, 0) is 34.9 Å². The van der Waals surface area contributed by atoms with Gasteiger partial charge in [0.15, 0.2) is 0 Å². The average molecular weight is 286 g/mol. The lowest BCUT2D eigenvalue weighted by molar-refractivity contribution is -0.117. The van der Waals surface area contributed by atoms with Crippen molar-refractivity contribution >= 4 is 17.5 Å². The van der Waals surface area contributed by atoms with Crippen molar-refractivity contribution < 1.29 is 9.90 Å². The lowest BCUT2D eigenvalue weighted by Gasteiger charge is -2.08. The molecule has 0 spiro atoms. The Labute approximate surface area is 121 Å². The molecule has 3 rings (SSSR count). The number of amides is 1. The maximum atomic E-state index is 12.2. The highest BCUT2D eigenvalue weighted by molar-refractivity contribution is 6.31. The molecule has 100 valence electrons. The Balaban J connectivity index is 1.72. The zero-order valence-electron chi connectivity index (χ0n) is 10.6. The second-order valence-electron chi connectivity index (χ2n) is 4.60. The number of carbonyl (C=O) groups excluding carboxylic acids is 1. The predicted molar refractivity (Wildman–Crippen MR) is 78.4 cm³/mol. The number of allylic oxidation sites excluding steroid dienone is 6. The summed E-state index contributed by atoms with van der Waals surface area (Å²) >= 11 is 6.00. The molecule has 2 aliphatic carbocycles. The summed E-state index contributed by atoms with van der Waals surface area (Å²) in [6.45, 7) is 0.325. The molecule has 0 aromatic heterocycles. The van der Waals surface area contributed by atoms with Gasteiger partial charge in [-0.25, -0.2) is 0 Å². The van der Waals surface area contributed by atoms with Crippen LogP contribution in [0.5, 0.6) is 5.75 Å². The molecular formula is C16H12ClNO2. The van der Waals surface area contributed by atoms with Crippen molar-refractivity contribution in [1.29, 1.82) is 0 Å². The highest BCUT2D eigenvalue weighted by Gasteiger charge is 2.19. The van der Waals surface area contributed by atoms with Crippen LogP contribution in [0, 0.1) is 0 Å². The van der Waals surface area contributed by atoms with Crippen molar-refractivity contribution in [3.8, 4) is 5.75 Å². The normalized spacial score (nSPS) is 15.6. The van der Waals surface area contributed by atoms with Crippen LogP contribution >= 0.6 is 11.6 Å². The number of rotatable bonds is 3. The van der Waals surface area contributed by atoms with Crippen LogP contribution in [0.1, 0.15) is 5.56 Å². The molecule has 0 atom stereocenters. The predicted octanol–water partition coefficient (Wildman–Crippen LogP) is 3.02. The molecule has 1 aromatic carbocycles. The third kappa shape index (κ3) is 2.28. The molecule has 0 bridgehead atoms. The first-order chi connectivity index (χ1) is 9.65. The zero-order valence-corrected chi connectivity index (χ0v) is 11.3.